The zero-order valence-electron chi connectivity index (χ0n) is 19.9. The summed E-state index contributed by atoms with van der Waals surface area (Å²) in [6.07, 6.45) is 6.77. The summed E-state index contributed by atoms with van der Waals surface area (Å²) < 4.78 is 10.3. The van der Waals surface area contributed by atoms with E-state index in [2.05, 4.69) is 20.8 Å². The summed E-state index contributed by atoms with van der Waals surface area (Å²) in [5, 5.41) is 0. The second kappa shape index (κ2) is 11.1. The lowest BCUT2D eigenvalue weighted by atomic mass is 9.61. The maximum absolute atomic E-state index is 12.8. The summed E-state index contributed by atoms with van der Waals surface area (Å²) in [6.45, 7) is 13.9. The number of allylic oxidation sites excluding steroid dienone is 2. The zero-order valence-corrected chi connectivity index (χ0v) is 19.9. The van der Waals surface area contributed by atoms with Gasteiger partial charge in [0.2, 0.25) is 0 Å². The molecule has 0 spiro atoms. The van der Waals surface area contributed by atoms with Gasteiger partial charge in [-0.25, -0.2) is 4.79 Å². The smallest absolute Gasteiger partial charge is 0.379 e. The molecule has 0 saturated carbocycles. The maximum atomic E-state index is 12.8. The number of carbonyl (C=O) groups excluding carboxylic acids is 3. The number of ketones is 1. The van der Waals surface area contributed by atoms with Crippen molar-refractivity contribution in [3.8, 4) is 0 Å². The fourth-order valence-electron chi connectivity index (χ4n) is 3.15. The van der Waals surface area contributed by atoms with Gasteiger partial charge in [0.1, 0.15) is 13.2 Å². The number of rotatable bonds is 9. The van der Waals surface area contributed by atoms with Crippen LogP contribution in [-0.2, 0) is 23.9 Å². The molecule has 1 atom stereocenters. The van der Waals surface area contributed by atoms with Crippen LogP contribution in [-0.4, -0.2) is 30.9 Å². The van der Waals surface area contributed by atoms with Crippen LogP contribution >= 0.6 is 0 Å². The topological polar surface area (TPSA) is 69.7 Å². The molecule has 0 amide bonds. The van der Waals surface area contributed by atoms with E-state index in [0.29, 0.717) is 6.42 Å². The fourth-order valence-corrected chi connectivity index (χ4v) is 3.15. The quantitative estimate of drug-likeness (QED) is 0.173. The van der Waals surface area contributed by atoms with Crippen LogP contribution in [0.1, 0.15) is 60.5 Å². The number of carbonyl (C=O) groups is 3. The number of hydrogen-bond donors (Lipinski definition) is 0. The Morgan fingerprint density at radius 3 is 1.97 bits per heavy atom. The van der Waals surface area contributed by atoms with Gasteiger partial charge in [-0.3, -0.25) is 9.59 Å². The predicted molar refractivity (Wildman–Crippen MR) is 123 cm³/mol. The molecule has 0 aliphatic rings. The molecule has 1 aromatic carbocycles. The van der Waals surface area contributed by atoms with Gasteiger partial charge in [0.15, 0.2) is 0 Å². The lowest BCUT2D eigenvalue weighted by Gasteiger charge is -2.43. The van der Waals surface area contributed by atoms with Crippen LogP contribution in [0, 0.1) is 16.2 Å². The van der Waals surface area contributed by atoms with Crippen molar-refractivity contribution in [3.63, 3.8) is 0 Å². The van der Waals surface area contributed by atoms with Gasteiger partial charge in [0, 0.05) is 0 Å². The molecule has 0 aliphatic heterocycles. The van der Waals surface area contributed by atoms with Crippen molar-refractivity contribution in [2.24, 2.45) is 16.2 Å². The summed E-state index contributed by atoms with van der Waals surface area (Å²) >= 11 is 0. The Kier molecular flexibility index (Phi) is 9.41. The summed E-state index contributed by atoms with van der Waals surface area (Å²) in [4.78, 5) is 36.4. The molecule has 0 saturated heterocycles. The van der Waals surface area contributed by atoms with Crippen LogP contribution < -0.4 is 0 Å². The lowest BCUT2D eigenvalue weighted by molar-refractivity contribution is -0.168. The summed E-state index contributed by atoms with van der Waals surface area (Å²) in [5.74, 6) is -2.08. The molecule has 5 nitrogen and oxygen atoms in total. The van der Waals surface area contributed by atoms with E-state index in [9.17, 15) is 14.4 Å². The van der Waals surface area contributed by atoms with Crippen molar-refractivity contribution in [3.05, 3.63) is 54.1 Å². The Balaban J connectivity index is 2.50. The third-order valence-corrected chi connectivity index (χ3v) is 5.19. The second-order valence-electron chi connectivity index (χ2n) is 10.1. The molecule has 0 bridgehead atoms. The minimum absolute atomic E-state index is 0.0543. The van der Waals surface area contributed by atoms with E-state index < -0.39 is 17.2 Å². The molecule has 1 rings (SSSR count). The van der Waals surface area contributed by atoms with E-state index in [-0.39, 0.29) is 30.0 Å². The normalized spacial score (nSPS) is 14.4. The highest BCUT2D eigenvalue weighted by Gasteiger charge is 2.47. The van der Waals surface area contributed by atoms with Crippen molar-refractivity contribution in [2.75, 3.05) is 13.2 Å². The zero-order chi connectivity index (χ0) is 23.7. The third kappa shape index (κ3) is 8.91. The van der Waals surface area contributed by atoms with Crippen LogP contribution in [0.2, 0.25) is 0 Å². The van der Waals surface area contributed by atoms with Gasteiger partial charge in [0.05, 0.1) is 5.41 Å². The molecule has 5 heteroatoms. The van der Waals surface area contributed by atoms with Crippen molar-refractivity contribution in [1.29, 1.82) is 0 Å². The highest BCUT2D eigenvalue weighted by atomic mass is 16.6. The van der Waals surface area contributed by atoms with Gasteiger partial charge in [-0.2, -0.15) is 0 Å². The molecule has 0 aromatic heterocycles. The van der Waals surface area contributed by atoms with E-state index >= 15 is 0 Å². The maximum Gasteiger partial charge on any atom is 0.379 e. The van der Waals surface area contributed by atoms with E-state index in [4.69, 9.17) is 9.47 Å². The van der Waals surface area contributed by atoms with E-state index in [0.717, 1.165) is 11.6 Å². The molecular formula is C26H36O5. The Morgan fingerprint density at radius 2 is 1.42 bits per heavy atom. The molecule has 170 valence electrons. The Hall–Kier alpha value is -2.69. The largest absolute Gasteiger partial charge is 0.462 e. The van der Waals surface area contributed by atoms with E-state index in [1.54, 1.807) is 6.08 Å². The number of ether oxygens (including phenoxy) is 2. The Labute approximate surface area is 186 Å². The standard InChI is InChI=1S/C26H36O5/c1-24(2,3)19-26(7,25(4,5)6)23(29)31-18-17-30-22(28)21(27)16-12-11-15-20-13-9-8-10-14-20/h8-16H,17-19H2,1-7H3/b15-11+,16-12+. The van der Waals surface area contributed by atoms with E-state index in [1.165, 1.54) is 6.08 Å². The van der Waals surface area contributed by atoms with Gasteiger partial charge < -0.3 is 9.47 Å². The Morgan fingerprint density at radius 1 is 0.839 bits per heavy atom. The first-order valence-corrected chi connectivity index (χ1v) is 10.5. The van der Waals surface area contributed by atoms with Crippen LogP contribution in [0.4, 0.5) is 0 Å². The molecule has 0 aliphatic carbocycles. The van der Waals surface area contributed by atoms with Gasteiger partial charge in [-0.15, -0.1) is 0 Å². The summed E-state index contributed by atoms with van der Waals surface area (Å²) in [5.41, 5.74) is -0.0694. The van der Waals surface area contributed by atoms with Crippen molar-refractivity contribution >= 4 is 23.8 Å². The fraction of sp³-hybridized carbons (Fsp3) is 0.500. The summed E-state index contributed by atoms with van der Waals surface area (Å²) in [6, 6.07) is 9.58. The van der Waals surface area contributed by atoms with Gasteiger partial charge in [-0.05, 0) is 35.8 Å². The van der Waals surface area contributed by atoms with Gasteiger partial charge >= 0.3 is 11.9 Å². The first kappa shape index (κ1) is 26.3. The van der Waals surface area contributed by atoms with E-state index in [1.807, 2.05) is 64.1 Å². The van der Waals surface area contributed by atoms with Crippen molar-refractivity contribution in [1.82, 2.24) is 0 Å². The lowest BCUT2D eigenvalue weighted by Crippen LogP contribution is -2.44. The van der Waals surface area contributed by atoms with Crippen LogP contribution in [0.25, 0.3) is 6.08 Å². The molecule has 1 unspecified atom stereocenters. The molecule has 1 aromatic rings. The highest BCUT2D eigenvalue weighted by Crippen LogP contribution is 2.47. The molecule has 0 radical (unpaired) electrons. The molecular weight excluding hydrogens is 392 g/mol. The third-order valence-electron chi connectivity index (χ3n) is 5.19. The van der Waals surface area contributed by atoms with Crippen LogP contribution in [0.3, 0.4) is 0 Å². The average Bonchev–Trinajstić information content (AvgIpc) is 2.66. The predicted octanol–water partition coefficient (Wildman–Crippen LogP) is 5.40. The monoisotopic (exact) mass is 428 g/mol. The van der Waals surface area contributed by atoms with Crippen molar-refractivity contribution < 1.29 is 23.9 Å². The minimum atomic E-state index is -0.978. The number of benzene rings is 1. The number of hydrogen-bond acceptors (Lipinski definition) is 5. The molecule has 0 N–H and O–H groups in total. The first-order chi connectivity index (χ1) is 14.3. The summed E-state index contributed by atoms with van der Waals surface area (Å²) in [7, 11) is 0. The SMILES string of the molecule is CC(C)(C)CC(C)(C(=O)OCCOC(=O)C(=O)/C=C/C=C/c1ccccc1)C(C)(C)C. The molecule has 0 heterocycles. The van der Waals surface area contributed by atoms with Gasteiger partial charge in [0.25, 0.3) is 5.78 Å². The average molecular weight is 429 g/mol. The second-order valence-corrected chi connectivity index (χ2v) is 10.1. The van der Waals surface area contributed by atoms with Crippen LogP contribution in [0.15, 0.2) is 48.6 Å². The first-order valence-electron chi connectivity index (χ1n) is 10.5. The molecule has 31 heavy (non-hydrogen) atoms. The van der Waals surface area contributed by atoms with Crippen molar-refractivity contribution in [2.45, 2.75) is 54.9 Å². The Bertz CT molecular complexity index is 806. The minimum Gasteiger partial charge on any atom is -0.462 e. The van der Waals surface area contributed by atoms with Gasteiger partial charge in [-0.1, -0.05) is 90.1 Å². The number of esters is 2. The molecule has 0 fully saturated rings. The highest BCUT2D eigenvalue weighted by molar-refractivity contribution is 6.38. The van der Waals surface area contributed by atoms with Crippen LogP contribution in [0.5, 0.6) is 0 Å².